The van der Waals surface area contributed by atoms with Gasteiger partial charge in [-0.05, 0) is 87.8 Å². The number of carbonyl (C=O) groups is 3. The van der Waals surface area contributed by atoms with Crippen molar-refractivity contribution in [2.24, 2.45) is 5.41 Å². The molecule has 2 fully saturated rings. The third kappa shape index (κ3) is 4.75. The highest BCUT2D eigenvalue weighted by atomic mass is 16.2. The van der Waals surface area contributed by atoms with E-state index in [0.29, 0.717) is 17.8 Å². The Morgan fingerprint density at radius 1 is 0.976 bits per heavy atom. The van der Waals surface area contributed by atoms with Crippen molar-refractivity contribution in [1.29, 1.82) is 0 Å². The van der Waals surface area contributed by atoms with E-state index >= 15 is 0 Å². The number of hydrogen-bond donors (Lipinski definition) is 0. The molecule has 0 radical (unpaired) electrons. The van der Waals surface area contributed by atoms with Gasteiger partial charge in [0.15, 0.2) is 11.6 Å². The largest absolute Gasteiger partial charge is 0.337 e. The second kappa shape index (κ2) is 9.72. The molecule has 4 aromatic rings. The Hall–Kier alpha value is -4.20. The number of carbonyl (C=O) groups excluding carboxylic acids is 3. The van der Waals surface area contributed by atoms with Crippen molar-refractivity contribution in [1.82, 2.24) is 24.4 Å². The molecule has 1 aliphatic heterocycles. The minimum atomic E-state index is -0.462. The van der Waals surface area contributed by atoms with Gasteiger partial charge in [-0.1, -0.05) is 13.0 Å². The number of amides is 1. The summed E-state index contributed by atoms with van der Waals surface area (Å²) >= 11 is 0. The van der Waals surface area contributed by atoms with E-state index in [9.17, 15) is 14.4 Å². The summed E-state index contributed by atoms with van der Waals surface area (Å²) < 4.78 is 1.88. The zero-order valence-electron chi connectivity index (χ0n) is 24.5. The van der Waals surface area contributed by atoms with E-state index in [4.69, 9.17) is 0 Å². The van der Waals surface area contributed by atoms with Gasteiger partial charge in [-0.3, -0.25) is 19.4 Å². The number of hydrogen-bond acceptors (Lipinski definition) is 6. The predicted molar refractivity (Wildman–Crippen MR) is 157 cm³/mol. The van der Waals surface area contributed by atoms with Crippen LogP contribution in [0, 0.1) is 33.1 Å². The molecule has 210 valence electrons. The Morgan fingerprint density at radius 3 is 2.41 bits per heavy atom. The van der Waals surface area contributed by atoms with E-state index < -0.39 is 6.04 Å². The van der Waals surface area contributed by atoms with Crippen molar-refractivity contribution >= 4 is 28.4 Å². The molecule has 2 aliphatic rings. The van der Waals surface area contributed by atoms with Crippen LogP contribution >= 0.6 is 0 Å². The zero-order chi connectivity index (χ0) is 29.2. The first-order valence-corrected chi connectivity index (χ1v) is 14.2. The summed E-state index contributed by atoms with van der Waals surface area (Å²) in [4.78, 5) is 55.4. The molecule has 0 spiro atoms. The lowest BCUT2D eigenvalue weighted by atomic mass is 9.96. The van der Waals surface area contributed by atoms with Crippen LogP contribution in [0.1, 0.15) is 65.4 Å². The van der Waals surface area contributed by atoms with Gasteiger partial charge < -0.3 is 9.47 Å². The van der Waals surface area contributed by atoms with Gasteiger partial charge in [0.1, 0.15) is 12.4 Å². The van der Waals surface area contributed by atoms with E-state index in [-0.39, 0.29) is 41.9 Å². The number of benzene rings is 1. The van der Waals surface area contributed by atoms with Crippen molar-refractivity contribution < 1.29 is 14.4 Å². The van der Waals surface area contributed by atoms with Gasteiger partial charge in [0.25, 0.3) is 0 Å². The molecule has 0 unspecified atom stereocenters. The quantitative estimate of drug-likeness (QED) is 0.297. The van der Waals surface area contributed by atoms with Crippen LogP contribution in [0.25, 0.3) is 22.0 Å². The topological polar surface area (TPSA) is 98.1 Å². The molecule has 8 heteroatoms. The summed E-state index contributed by atoms with van der Waals surface area (Å²) in [5.41, 5.74) is 6.77. The smallest absolute Gasteiger partial charge is 0.243 e. The Morgan fingerprint density at radius 2 is 1.71 bits per heavy atom. The number of aryl methyl sites for hydroxylation is 4. The Kier molecular flexibility index (Phi) is 6.40. The molecule has 3 aromatic heterocycles. The lowest BCUT2D eigenvalue weighted by Gasteiger charge is -2.27. The molecular formula is C33H35N5O3. The summed E-state index contributed by atoms with van der Waals surface area (Å²) in [6, 6.07) is 7.56. The van der Waals surface area contributed by atoms with Gasteiger partial charge in [0.2, 0.25) is 5.91 Å². The standard InChI is InChI=1S/C33H35N5O3/c1-18-7-8-20(3)36-27(18)11-29(40)28-12-33(6)13-30(33)38(28)31(41)17-37-16-26(21(4)39)25-10-23(9-19(2)32(25)37)24-14-34-22(5)35-15-24/h7-10,14-16,28,30H,11-13,17H2,1-6H3/t28-,30+,33-/m0/s1. The zero-order valence-corrected chi connectivity index (χ0v) is 24.5. The second-order valence-corrected chi connectivity index (χ2v) is 12.2. The van der Waals surface area contributed by atoms with Gasteiger partial charge in [0.05, 0.1) is 23.7 Å². The lowest BCUT2D eigenvalue weighted by Crippen LogP contribution is -2.45. The molecule has 1 aliphatic carbocycles. The predicted octanol–water partition coefficient (Wildman–Crippen LogP) is 5.12. The highest BCUT2D eigenvalue weighted by Crippen LogP contribution is 2.59. The number of nitrogens with zero attached hydrogens (tertiary/aromatic N) is 5. The van der Waals surface area contributed by atoms with Gasteiger partial charge in [-0.25, -0.2) is 9.97 Å². The van der Waals surface area contributed by atoms with Crippen LogP contribution in [-0.4, -0.2) is 54.0 Å². The summed E-state index contributed by atoms with van der Waals surface area (Å²) in [5.74, 6) is 0.570. The molecule has 6 rings (SSSR count). The average molecular weight is 550 g/mol. The van der Waals surface area contributed by atoms with E-state index in [1.165, 1.54) is 0 Å². The van der Waals surface area contributed by atoms with Crippen LogP contribution in [0.4, 0.5) is 0 Å². The van der Waals surface area contributed by atoms with Gasteiger partial charge in [-0.2, -0.15) is 0 Å². The fraction of sp³-hybridized carbons (Fsp3) is 0.394. The number of fused-ring (bicyclic) bond motifs is 2. The Labute approximate surface area is 239 Å². The third-order valence-corrected chi connectivity index (χ3v) is 8.94. The lowest BCUT2D eigenvalue weighted by molar-refractivity contribution is -0.139. The van der Waals surface area contributed by atoms with E-state index in [1.54, 1.807) is 25.5 Å². The second-order valence-electron chi connectivity index (χ2n) is 12.2. The van der Waals surface area contributed by atoms with Gasteiger partial charge in [0, 0.05) is 46.8 Å². The maximum Gasteiger partial charge on any atom is 0.243 e. The Bertz CT molecular complexity index is 1740. The molecule has 41 heavy (non-hydrogen) atoms. The highest BCUT2D eigenvalue weighted by Gasteiger charge is 2.64. The molecule has 0 bridgehead atoms. The highest BCUT2D eigenvalue weighted by molar-refractivity contribution is 6.09. The number of pyridine rings is 1. The molecule has 0 N–H and O–H groups in total. The van der Waals surface area contributed by atoms with Crippen molar-refractivity contribution in [2.75, 3.05) is 0 Å². The maximum absolute atomic E-state index is 14.0. The summed E-state index contributed by atoms with van der Waals surface area (Å²) in [6.45, 7) is 11.5. The fourth-order valence-corrected chi connectivity index (χ4v) is 6.55. The molecule has 3 atom stereocenters. The molecule has 8 nitrogen and oxygen atoms in total. The molecule has 1 amide bonds. The van der Waals surface area contributed by atoms with E-state index in [2.05, 4.69) is 21.9 Å². The van der Waals surface area contributed by atoms with Gasteiger partial charge in [-0.15, -0.1) is 0 Å². The molecule has 1 aromatic carbocycles. The van der Waals surface area contributed by atoms with Crippen molar-refractivity contribution in [2.45, 2.75) is 79.4 Å². The third-order valence-electron chi connectivity index (χ3n) is 8.94. The van der Waals surface area contributed by atoms with Crippen molar-refractivity contribution in [3.05, 3.63) is 76.8 Å². The monoisotopic (exact) mass is 549 g/mol. The first-order chi connectivity index (χ1) is 19.4. The van der Waals surface area contributed by atoms with Crippen molar-refractivity contribution in [3.63, 3.8) is 0 Å². The van der Waals surface area contributed by atoms with Crippen LogP contribution < -0.4 is 0 Å². The number of likely N-dealkylation sites (tertiary alicyclic amines) is 1. The minimum Gasteiger partial charge on any atom is -0.337 e. The first kappa shape index (κ1) is 27.0. The van der Waals surface area contributed by atoms with Gasteiger partial charge >= 0.3 is 0 Å². The van der Waals surface area contributed by atoms with E-state index in [0.717, 1.165) is 51.0 Å². The number of Topliss-reactive ketones (excluding diaryl/α,β-unsaturated/α-hetero) is 2. The molecule has 1 saturated carbocycles. The number of aromatic nitrogens is 4. The van der Waals surface area contributed by atoms with Crippen LogP contribution in [0.2, 0.25) is 0 Å². The van der Waals surface area contributed by atoms with Crippen LogP contribution in [0.5, 0.6) is 0 Å². The van der Waals surface area contributed by atoms with Crippen LogP contribution in [0.3, 0.4) is 0 Å². The summed E-state index contributed by atoms with van der Waals surface area (Å²) in [5, 5.41) is 0.798. The first-order valence-electron chi connectivity index (χ1n) is 14.2. The summed E-state index contributed by atoms with van der Waals surface area (Å²) in [6.07, 6.45) is 7.15. The SMILES string of the molecule is CC(=O)c1cn(CC(=O)N2[C@H](C(=O)Cc3nc(C)ccc3C)C[C@@]3(C)C[C@@H]23)c2c(C)cc(-c3cnc(C)nc3)cc12. The van der Waals surface area contributed by atoms with Crippen LogP contribution in [-0.2, 0) is 22.6 Å². The van der Waals surface area contributed by atoms with E-state index in [1.807, 2.05) is 61.4 Å². The summed E-state index contributed by atoms with van der Waals surface area (Å²) in [7, 11) is 0. The Balaban J connectivity index is 1.32. The van der Waals surface area contributed by atoms with Crippen LogP contribution in [0.15, 0.2) is 42.9 Å². The molecular weight excluding hydrogens is 514 g/mol. The normalized spacial score (nSPS) is 21.3. The number of ketones is 2. The average Bonchev–Trinajstić information content (AvgIpc) is 3.27. The minimum absolute atomic E-state index is 0.0186. The number of piperidine rings is 1. The maximum atomic E-state index is 14.0. The molecule has 1 saturated heterocycles. The fourth-order valence-electron chi connectivity index (χ4n) is 6.55. The van der Waals surface area contributed by atoms with Crippen molar-refractivity contribution in [3.8, 4) is 11.1 Å². The number of rotatable bonds is 7. The molecule has 4 heterocycles.